The van der Waals surface area contributed by atoms with Crippen LogP contribution in [0.1, 0.15) is 5.56 Å². The van der Waals surface area contributed by atoms with Crippen molar-refractivity contribution < 1.29 is 4.79 Å². The van der Waals surface area contributed by atoms with Crippen molar-refractivity contribution in [2.45, 2.75) is 6.92 Å². The Morgan fingerprint density at radius 1 is 0.952 bits per heavy atom. The Morgan fingerprint density at radius 2 is 1.62 bits per heavy atom. The van der Waals surface area contributed by atoms with Crippen molar-refractivity contribution >= 4 is 52.1 Å². The minimum Gasteiger partial charge on any atom is -0.376 e. The average Bonchev–Trinajstić information content (AvgIpc) is 2.44. The highest BCUT2D eigenvalue weighted by Gasteiger charge is 2.05. The van der Waals surface area contributed by atoms with Gasteiger partial charge in [0.05, 0.1) is 16.6 Å². The second-order valence-electron chi connectivity index (χ2n) is 4.49. The number of nitrogens with one attached hydrogen (secondary N) is 2. The maximum Gasteiger partial charge on any atom is 0.243 e. The van der Waals surface area contributed by atoms with Gasteiger partial charge < -0.3 is 10.6 Å². The molecule has 0 spiro atoms. The van der Waals surface area contributed by atoms with Crippen molar-refractivity contribution in [3.05, 3.63) is 57.0 Å². The second kappa shape index (κ2) is 7.03. The van der Waals surface area contributed by atoms with Crippen LogP contribution in [0.25, 0.3) is 0 Å². The number of amides is 1. The highest BCUT2D eigenvalue weighted by atomic mass is 35.5. The smallest absolute Gasteiger partial charge is 0.243 e. The normalized spacial score (nSPS) is 10.3. The van der Waals surface area contributed by atoms with E-state index < -0.39 is 0 Å². The third-order valence-corrected chi connectivity index (χ3v) is 3.97. The highest BCUT2D eigenvalue weighted by Crippen LogP contribution is 2.25. The Labute approximate surface area is 138 Å². The summed E-state index contributed by atoms with van der Waals surface area (Å²) in [6.45, 7) is 2.02. The van der Waals surface area contributed by atoms with E-state index in [9.17, 15) is 4.79 Å². The summed E-state index contributed by atoms with van der Waals surface area (Å²) in [5, 5.41) is 7.26. The van der Waals surface area contributed by atoms with E-state index in [-0.39, 0.29) is 12.5 Å². The van der Waals surface area contributed by atoms with Gasteiger partial charge in [0.1, 0.15) is 0 Å². The molecular formula is C15H13Cl3N2O. The van der Waals surface area contributed by atoms with Crippen LogP contribution in [0.3, 0.4) is 0 Å². The van der Waals surface area contributed by atoms with Gasteiger partial charge in [0.15, 0.2) is 0 Å². The summed E-state index contributed by atoms with van der Waals surface area (Å²) in [6.07, 6.45) is 0. The van der Waals surface area contributed by atoms with E-state index in [1.54, 1.807) is 30.3 Å². The topological polar surface area (TPSA) is 41.1 Å². The second-order valence-corrected chi connectivity index (χ2v) is 5.72. The molecule has 21 heavy (non-hydrogen) atoms. The van der Waals surface area contributed by atoms with Gasteiger partial charge >= 0.3 is 0 Å². The molecule has 1 amide bonds. The molecule has 0 atom stereocenters. The number of rotatable bonds is 4. The molecule has 2 rings (SSSR count). The number of halogens is 3. The average molecular weight is 344 g/mol. The first-order valence-corrected chi connectivity index (χ1v) is 7.34. The molecule has 0 fully saturated rings. The minimum atomic E-state index is -0.180. The van der Waals surface area contributed by atoms with Gasteiger partial charge in [-0.15, -0.1) is 0 Å². The first kappa shape index (κ1) is 16.0. The van der Waals surface area contributed by atoms with Crippen LogP contribution in [0.5, 0.6) is 0 Å². The molecule has 0 aliphatic carbocycles. The lowest BCUT2D eigenvalue weighted by atomic mass is 10.2. The number of hydrogen-bond acceptors (Lipinski definition) is 2. The molecule has 2 N–H and O–H groups in total. The third kappa shape index (κ3) is 4.53. The van der Waals surface area contributed by atoms with Crippen molar-refractivity contribution in [3.8, 4) is 0 Å². The van der Waals surface area contributed by atoms with E-state index in [1.165, 1.54) is 0 Å². The van der Waals surface area contributed by atoms with Gasteiger partial charge in [-0.05, 0) is 42.8 Å². The highest BCUT2D eigenvalue weighted by molar-refractivity contribution is 6.42. The van der Waals surface area contributed by atoms with Gasteiger partial charge in [-0.25, -0.2) is 0 Å². The number of benzene rings is 2. The molecule has 0 saturated heterocycles. The summed E-state index contributed by atoms with van der Waals surface area (Å²) in [5.41, 5.74) is 2.34. The third-order valence-electron chi connectivity index (χ3n) is 2.83. The van der Waals surface area contributed by atoms with E-state index in [0.717, 1.165) is 11.3 Å². The number of carbonyl (C=O) groups excluding carboxylic acids is 1. The van der Waals surface area contributed by atoms with E-state index in [1.807, 2.05) is 13.0 Å². The molecular weight excluding hydrogens is 331 g/mol. The lowest BCUT2D eigenvalue weighted by Crippen LogP contribution is -2.21. The fourth-order valence-electron chi connectivity index (χ4n) is 1.66. The Morgan fingerprint density at radius 3 is 2.29 bits per heavy atom. The lowest BCUT2D eigenvalue weighted by molar-refractivity contribution is -0.114. The van der Waals surface area contributed by atoms with E-state index >= 15 is 0 Å². The predicted molar refractivity (Wildman–Crippen MR) is 89.8 cm³/mol. The standard InChI is InChI=1S/C15H13Cl3N2O/c1-9-2-3-11(7-13(9)17)20-15(21)8-19-10-4-5-12(16)14(18)6-10/h2-7,19H,8H2,1H3,(H,20,21). The van der Waals surface area contributed by atoms with Gasteiger partial charge in [0, 0.05) is 16.4 Å². The first-order chi connectivity index (χ1) is 9.95. The first-order valence-electron chi connectivity index (χ1n) is 6.20. The molecule has 0 aliphatic heterocycles. The zero-order chi connectivity index (χ0) is 15.4. The maximum absolute atomic E-state index is 11.9. The Hall–Kier alpha value is -1.42. The number of hydrogen-bond donors (Lipinski definition) is 2. The zero-order valence-electron chi connectivity index (χ0n) is 11.2. The summed E-state index contributed by atoms with van der Waals surface area (Å²) in [4.78, 5) is 11.9. The number of anilines is 2. The molecule has 0 saturated carbocycles. The summed E-state index contributed by atoms with van der Waals surface area (Å²) in [5.74, 6) is -0.180. The molecule has 3 nitrogen and oxygen atoms in total. The fraction of sp³-hybridized carbons (Fsp3) is 0.133. The molecule has 0 bridgehead atoms. The van der Waals surface area contributed by atoms with Gasteiger partial charge in [-0.3, -0.25) is 4.79 Å². The molecule has 6 heteroatoms. The Balaban J connectivity index is 1.92. The van der Waals surface area contributed by atoms with Crippen LogP contribution in [0.4, 0.5) is 11.4 Å². The lowest BCUT2D eigenvalue weighted by Gasteiger charge is -2.09. The molecule has 0 aromatic heterocycles. The van der Waals surface area contributed by atoms with Gasteiger partial charge in [0.2, 0.25) is 5.91 Å². The van der Waals surface area contributed by atoms with E-state index in [4.69, 9.17) is 34.8 Å². The molecule has 2 aromatic carbocycles. The molecule has 0 heterocycles. The van der Waals surface area contributed by atoms with Crippen LogP contribution in [0.2, 0.25) is 15.1 Å². The number of aryl methyl sites for hydroxylation is 1. The minimum absolute atomic E-state index is 0.115. The molecule has 110 valence electrons. The monoisotopic (exact) mass is 342 g/mol. The molecule has 0 radical (unpaired) electrons. The van der Waals surface area contributed by atoms with Crippen molar-refractivity contribution in [2.75, 3.05) is 17.2 Å². The molecule has 0 unspecified atom stereocenters. The Bertz CT molecular complexity index is 674. The maximum atomic E-state index is 11.9. The van der Waals surface area contributed by atoms with Crippen LogP contribution in [-0.4, -0.2) is 12.5 Å². The SMILES string of the molecule is Cc1ccc(NC(=O)CNc2ccc(Cl)c(Cl)c2)cc1Cl. The zero-order valence-corrected chi connectivity index (χ0v) is 13.5. The molecule has 0 aliphatic rings. The van der Waals surface area contributed by atoms with Crippen molar-refractivity contribution in [1.82, 2.24) is 0 Å². The van der Waals surface area contributed by atoms with Crippen LogP contribution in [0, 0.1) is 6.92 Å². The fourth-order valence-corrected chi connectivity index (χ4v) is 2.14. The van der Waals surface area contributed by atoms with Gasteiger partial charge in [-0.1, -0.05) is 40.9 Å². The van der Waals surface area contributed by atoms with Gasteiger partial charge in [-0.2, -0.15) is 0 Å². The molecule has 2 aromatic rings. The summed E-state index contributed by atoms with van der Waals surface area (Å²) in [6, 6.07) is 10.5. The summed E-state index contributed by atoms with van der Waals surface area (Å²) < 4.78 is 0. The number of carbonyl (C=O) groups is 1. The van der Waals surface area contributed by atoms with Crippen molar-refractivity contribution in [2.24, 2.45) is 0 Å². The van der Waals surface area contributed by atoms with E-state index in [0.29, 0.717) is 20.8 Å². The van der Waals surface area contributed by atoms with Crippen LogP contribution >= 0.6 is 34.8 Å². The van der Waals surface area contributed by atoms with Crippen molar-refractivity contribution in [3.63, 3.8) is 0 Å². The summed E-state index contributed by atoms with van der Waals surface area (Å²) >= 11 is 17.7. The van der Waals surface area contributed by atoms with Gasteiger partial charge in [0.25, 0.3) is 0 Å². The predicted octanol–water partition coefficient (Wildman–Crippen LogP) is 5.01. The van der Waals surface area contributed by atoms with E-state index in [2.05, 4.69) is 10.6 Å². The van der Waals surface area contributed by atoms with Crippen LogP contribution in [-0.2, 0) is 4.79 Å². The van der Waals surface area contributed by atoms with Crippen LogP contribution < -0.4 is 10.6 Å². The largest absolute Gasteiger partial charge is 0.376 e. The Kier molecular flexibility index (Phi) is 5.34. The van der Waals surface area contributed by atoms with Crippen molar-refractivity contribution in [1.29, 1.82) is 0 Å². The summed E-state index contributed by atoms with van der Waals surface area (Å²) in [7, 11) is 0. The van der Waals surface area contributed by atoms with Crippen LogP contribution in [0.15, 0.2) is 36.4 Å². The quantitative estimate of drug-likeness (QED) is 0.819.